The Bertz CT molecular complexity index is 984. The number of nitrogens with zero attached hydrogens (tertiary/aromatic N) is 3. The molecule has 7 nitrogen and oxygen atoms in total. The van der Waals surface area contributed by atoms with Crippen molar-refractivity contribution in [2.75, 3.05) is 32.8 Å². The average molecular weight is 435 g/mol. The topological polar surface area (TPSA) is 74.2 Å². The smallest absolute Gasteiger partial charge is 0.321 e. The molecule has 0 spiro atoms. The Morgan fingerprint density at radius 3 is 2.53 bits per heavy atom. The molecule has 1 N–H and O–H groups in total. The Labute approximate surface area is 189 Å². The number of carbonyl (C=O) groups is 2. The zero-order valence-corrected chi connectivity index (χ0v) is 18.7. The highest BCUT2D eigenvalue weighted by atomic mass is 16.5. The van der Waals surface area contributed by atoms with Gasteiger partial charge in [-0.2, -0.15) is 0 Å². The molecular weight excluding hydrogens is 404 g/mol. The average Bonchev–Trinajstić information content (AvgIpc) is 2.80. The Morgan fingerprint density at radius 2 is 1.84 bits per heavy atom. The molecule has 32 heavy (non-hydrogen) atoms. The molecule has 1 fully saturated rings. The van der Waals surface area contributed by atoms with Crippen LogP contribution in [-0.4, -0.2) is 60.4 Å². The van der Waals surface area contributed by atoms with Gasteiger partial charge in [-0.1, -0.05) is 60.2 Å². The van der Waals surface area contributed by atoms with Crippen molar-refractivity contribution in [1.29, 1.82) is 0 Å². The first-order chi connectivity index (χ1) is 15.5. The Balaban J connectivity index is 1.51. The summed E-state index contributed by atoms with van der Waals surface area (Å²) in [5.74, 6) is -1.33. The number of hydrogen-bond donors (Lipinski definition) is 1. The number of benzene rings is 2. The molecule has 0 saturated carbocycles. The summed E-state index contributed by atoms with van der Waals surface area (Å²) in [6.45, 7) is 8.13. The number of esters is 1. The van der Waals surface area contributed by atoms with E-state index in [2.05, 4.69) is 39.4 Å². The minimum absolute atomic E-state index is 0.225. The minimum atomic E-state index is -0.986. The molecule has 2 aliphatic rings. The van der Waals surface area contributed by atoms with E-state index in [0.717, 1.165) is 43.9 Å². The summed E-state index contributed by atoms with van der Waals surface area (Å²) in [6, 6.07) is 17.6. The van der Waals surface area contributed by atoms with Gasteiger partial charge in [0, 0.05) is 32.7 Å². The zero-order valence-electron chi connectivity index (χ0n) is 18.7. The standard InChI is InChI=1S/C25H30N4O3/c1-3-32-24(31)21-22(20-11-7-8-18(2)16-20)26-25(27-23(21)30)29-14-12-28(13-15-29)17-19-9-5-4-6-10-19/h4-11,16,21-22H,3,12-15,17H2,1-2H3,(H,26,27,30)/t21-,22+/m1/s1. The number of aryl methyl sites for hydroxylation is 1. The highest BCUT2D eigenvalue weighted by Crippen LogP contribution is 2.31. The van der Waals surface area contributed by atoms with Gasteiger partial charge in [-0.25, -0.2) is 4.99 Å². The number of rotatable bonds is 5. The summed E-state index contributed by atoms with van der Waals surface area (Å²) < 4.78 is 5.20. The van der Waals surface area contributed by atoms with Gasteiger partial charge in [0.1, 0.15) is 6.04 Å². The fraction of sp³-hybridized carbons (Fsp3) is 0.400. The van der Waals surface area contributed by atoms with Gasteiger partial charge in [-0.05, 0) is 25.0 Å². The van der Waals surface area contributed by atoms with Gasteiger partial charge in [0.2, 0.25) is 11.9 Å². The summed E-state index contributed by atoms with van der Waals surface area (Å²) in [6.07, 6.45) is 0. The molecule has 0 aliphatic carbocycles. The normalized spacial score (nSPS) is 21.6. The number of carbonyl (C=O) groups excluding carboxylic acids is 2. The summed E-state index contributed by atoms with van der Waals surface area (Å²) >= 11 is 0. The van der Waals surface area contributed by atoms with Gasteiger partial charge in [0.05, 0.1) is 6.61 Å². The quantitative estimate of drug-likeness (QED) is 0.578. The van der Waals surface area contributed by atoms with Crippen LogP contribution in [0.1, 0.15) is 29.7 Å². The minimum Gasteiger partial charge on any atom is -0.465 e. The van der Waals surface area contributed by atoms with Crippen molar-refractivity contribution >= 4 is 17.8 Å². The third-order valence-corrected chi connectivity index (χ3v) is 5.94. The van der Waals surface area contributed by atoms with E-state index in [0.29, 0.717) is 5.96 Å². The first-order valence-electron chi connectivity index (χ1n) is 11.2. The first-order valence-corrected chi connectivity index (χ1v) is 11.2. The van der Waals surface area contributed by atoms with Crippen LogP contribution in [0, 0.1) is 12.8 Å². The van der Waals surface area contributed by atoms with Crippen LogP contribution in [0.15, 0.2) is 59.6 Å². The molecule has 168 valence electrons. The van der Waals surface area contributed by atoms with Gasteiger partial charge in [0.15, 0.2) is 5.92 Å². The highest BCUT2D eigenvalue weighted by molar-refractivity contribution is 6.08. The summed E-state index contributed by atoms with van der Waals surface area (Å²) in [4.78, 5) is 35.0. The third-order valence-electron chi connectivity index (χ3n) is 5.94. The number of aliphatic imine (C=N–C) groups is 1. The first kappa shape index (κ1) is 22.0. The van der Waals surface area contributed by atoms with Gasteiger partial charge < -0.3 is 9.64 Å². The monoisotopic (exact) mass is 434 g/mol. The van der Waals surface area contributed by atoms with Crippen molar-refractivity contribution in [2.45, 2.75) is 26.4 Å². The van der Waals surface area contributed by atoms with Crippen LogP contribution in [0.5, 0.6) is 0 Å². The maximum atomic E-state index is 13.0. The van der Waals surface area contributed by atoms with E-state index in [-0.39, 0.29) is 12.5 Å². The van der Waals surface area contributed by atoms with E-state index in [4.69, 9.17) is 9.73 Å². The van der Waals surface area contributed by atoms with Crippen LogP contribution in [0.3, 0.4) is 0 Å². The lowest BCUT2D eigenvalue weighted by Gasteiger charge is -2.39. The molecule has 7 heteroatoms. The fourth-order valence-electron chi connectivity index (χ4n) is 4.28. The predicted octanol–water partition coefficient (Wildman–Crippen LogP) is 2.52. The van der Waals surface area contributed by atoms with Crippen LogP contribution >= 0.6 is 0 Å². The van der Waals surface area contributed by atoms with E-state index < -0.39 is 17.9 Å². The van der Waals surface area contributed by atoms with Gasteiger partial charge in [0.25, 0.3) is 0 Å². The molecule has 2 heterocycles. The van der Waals surface area contributed by atoms with Crippen molar-refractivity contribution in [1.82, 2.24) is 15.1 Å². The highest BCUT2D eigenvalue weighted by Gasteiger charge is 2.42. The SMILES string of the molecule is CCOC(=O)[C@H]1C(=O)NC(N2CCN(Cc3ccccc3)CC2)=N[C@H]1c1cccc(C)c1. The van der Waals surface area contributed by atoms with Gasteiger partial charge in [-0.15, -0.1) is 0 Å². The maximum absolute atomic E-state index is 13.0. The molecule has 1 amide bonds. The van der Waals surface area contributed by atoms with Crippen LogP contribution < -0.4 is 5.32 Å². The molecule has 0 bridgehead atoms. The molecule has 0 unspecified atom stereocenters. The Hall–Kier alpha value is -3.19. The second kappa shape index (κ2) is 9.96. The lowest BCUT2D eigenvalue weighted by molar-refractivity contribution is -0.153. The third kappa shape index (κ3) is 4.99. The van der Waals surface area contributed by atoms with E-state index >= 15 is 0 Å². The second-order valence-corrected chi connectivity index (χ2v) is 8.28. The zero-order chi connectivity index (χ0) is 22.5. The van der Waals surface area contributed by atoms with Crippen LogP contribution in [0.4, 0.5) is 0 Å². The molecule has 0 aromatic heterocycles. The van der Waals surface area contributed by atoms with Crippen molar-refractivity contribution in [3.8, 4) is 0 Å². The van der Waals surface area contributed by atoms with Gasteiger partial charge in [-0.3, -0.25) is 19.8 Å². The van der Waals surface area contributed by atoms with Crippen LogP contribution in [0.2, 0.25) is 0 Å². The lowest BCUT2D eigenvalue weighted by atomic mass is 9.90. The number of ether oxygens (including phenoxy) is 1. The van der Waals surface area contributed by atoms with Crippen LogP contribution in [-0.2, 0) is 20.9 Å². The van der Waals surface area contributed by atoms with Crippen molar-refractivity contribution in [3.63, 3.8) is 0 Å². The Kier molecular flexibility index (Phi) is 6.85. The Morgan fingerprint density at radius 1 is 1.09 bits per heavy atom. The van der Waals surface area contributed by atoms with Crippen molar-refractivity contribution in [2.24, 2.45) is 10.9 Å². The number of hydrogen-bond acceptors (Lipinski definition) is 6. The fourth-order valence-corrected chi connectivity index (χ4v) is 4.28. The van der Waals surface area contributed by atoms with E-state index in [9.17, 15) is 9.59 Å². The van der Waals surface area contributed by atoms with Crippen LogP contribution in [0.25, 0.3) is 0 Å². The largest absolute Gasteiger partial charge is 0.465 e. The summed E-state index contributed by atoms with van der Waals surface area (Å²) in [5, 5.41) is 2.87. The number of guanidine groups is 1. The summed E-state index contributed by atoms with van der Waals surface area (Å²) in [5.41, 5.74) is 3.20. The molecule has 4 rings (SSSR count). The maximum Gasteiger partial charge on any atom is 0.321 e. The molecule has 2 atom stereocenters. The molecule has 2 aromatic rings. The van der Waals surface area contributed by atoms with E-state index in [1.807, 2.05) is 37.3 Å². The second-order valence-electron chi connectivity index (χ2n) is 8.28. The molecule has 2 aromatic carbocycles. The molecule has 1 saturated heterocycles. The van der Waals surface area contributed by atoms with Crippen molar-refractivity contribution in [3.05, 3.63) is 71.3 Å². The molecular formula is C25H30N4O3. The number of nitrogens with one attached hydrogen (secondary N) is 1. The van der Waals surface area contributed by atoms with Crippen molar-refractivity contribution < 1.29 is 14.3 Å². The predicted molar refractivity (Wildman–Crippen MR) is 123 cm³/mol. The van der Waals surface area contributed by atoms with E-state index in [1.165, 1.54) is 5.56 Å². The molecule has 2 aliphatic heterocycles. The number of piperazine rings is 1. The van der Waals surface area contributed by atoms with Gasteiger partial charge >= 0.3 is 5.97 Å². The molecule has 0 radical (unpaired) electrons. The number of amides is 1. The summed E-state index contributed by atoms with van der Waals surface area (Å²) in [7, 11) is 0. The van der Waals surface area contributed by atoms with E-state index in [1.54, 1.807) is 6.92 Å². The lowest BCUT2D eigenvalue weighted by Crippen LogP contribution is -2.57.